The molecule has 1 aromatic carbocycles. The van der Waals surface area contributed by atoms with Crippen molar-refractivity contribution in [3.05, 3.63) is 28.8 Å². The van der Waals surface area contributed by atoms with Gasteiger partial charge in [0, 0.05) is 23.2 Å². The lowest BCUT2D eigenvalue weighted by atomic mass is 10.1. The number of aliphatic carboxylic acids is 1. The molecule has 0 radical (unpaired) electrons. The van der Waals surface area contributed by atoms with Crippen LogP contribution >= 0.6 is 11.6 Å². The van der Waals surface area contributed by atoms with Gasteiger partial charge < -0.3 is 15.2 Å². The third kappa shape index (κ3) is 4.94. The van der Waals surface area contributed by atoms with Crippen molar-refractivity contribution in [3.63, 3.8) is 0 Å². The highest BCUT2D eigenvalue weighted by Gasteiger charge is 2.08. The van der Waals surface area contributed by atoms with Crippen molar-refractivity contribution in [3.8, 4) is 5.75 Å². The minimum atomic E-state index is -0.995. The zero-order valence-electron chi connectivity index (χ0n) is 10.6. The van der Waals surface area contributed by atoms with Crippen molar-refractivity contribution in [2.45, 2.75) is 32.9 Å². The van der Waals surface area contributed by atoms with Crippen LogP contribution in [0, 0.1) is 0 Å². The van der Waals surface area contributed by atoms with E-state index in [0.717, 1.165) is 12.0 Å². The summed E-state index contributed by atoms with van der Waals surface area (Å²) in [5, 5.41) is 12.5. The SMILES string of the molecule is CC[C@H](C)NCc1cc(Cl)ccc1OCC(=O)O. The molecule has 2 N–H and O–H groups in total. The van der Waals surface area contributed by atoms with E-state index in [-0.39, 0.29) is 6.61 Å². The van der Waals surface area contributed by atoms with Crippen molar-refractivity contribution in [1.29, 1.82) is 0 Å². The zero-order chi connectivity index (χ0) is 13.5. The van der Waals surface area contributed by atoms with Crippen molar-refractivity contribution in [2.75, 3.05) is 6.61 Å². The molecule has 0 bridgehead atoms. The van der Waals surface area contributed by atoms with Gasteiger partial charge in [0.25, 0.3) is 0 Å². The Morgan fingerprint density at radius 1 is 1.56 bits per heavy atom. The second-order valence-corrected chi connectivity index (χ2v) is 4.56. The third-order valence-electron chi connectivity index (χ3n) is 2.63. The number of nitrogens with one attached hydrogen (secondary N) is 1. The first-order valence-corrected chi connectivity index (χ1v) is 6.27. The summed E-state index contributed by atoms with van der Waals surface area (Å²) in [6, 6.07) is 5.55. The maximum atomic E-state index is 10.5. The Balaban J connectivity index is 2.73. The average Bonchev–Trinajstić information content (AvgIpc) is 2.34. The number of halogens is 1. The minimum absolute atomic E-state index is 0.349. The van der Waals surface area contributed by atoms with E-state index in [0.29, 0.717) is 23.4 Å². The Hall–Kier alpha value is -1.26. The summed E-state index contributed by atoms with van der Waals surface area (Å²) in [4.78, 5) is 10.5. The molecule has 0 fully saturated rings. The molecule has 5 heteroatoms. The van der Waals surface area contributed by atoms with Crippen molar-refractivity contribution in [1.82, 2.24) is 5.32 Å². The van der Waals surface area contributed by atoms with Crippen LogP contribution in [0.2, 0.25) is 5.02 Å². The van der Waals surface area contributed by atoms with E-state index in [1.165, 1.54) is 0 Å². The summed E-state index contributed by atoms with van der Waals surface area (Å²) < 4.78 is 5.22. The van der Waals surface area contributed by atoms with Gasteiger partial charge in [-0.25, -0.2) is 4.79 Å². The molecule has 0 aliphatic carbocycles. The Kier molecular flexibility index (Phi) is 5.95. The highest BCUT2D eigenvalue weighted by atomic mass is 35.5. The largest absolute Gasteiger partial charge is 0.482 e. The Morgan fingerprint density at radius 2 is 2.28 bits per heavy atom. The molecule has 0 aliphatic heterocycles. The van der Waals surface area contributed by atoms with Gasteiger partial charge in [0.15, 0.2) is 6.61 Å². The number of benzene rings is 1. The van der Waals surface area contributed by atoms with Gasteiger partial charge in [-0.05, 0) is 31.5 Å². The Labute approximate surface area is 112 Å². The summed E-state index contributed by atoms with van der Waals surface area (Å²) in [5.74, 6) is -0.441. The number of hydrogen-bond donors (Lipinski definition) is 2. The van der Waals surface area contributed by atoms with Crippen LogP contribution in [0.3, 0.4) is 0 Å². The molecule has 0 saturated carbocycles. The fraction of sp³-hybridized carbons (Fsp3) is 0.462. The molecular weight excluding hydrogens is 254 g/mol. The van der Waals surface area contributed by atoms with E-state index < -0.39 is 5.97 Å². The standard InChI is InChI=1S/C13H18ClNO3/c1-3-9(2)15-7-10-6-11(14)4-5-12(10)18-8-13(16)17/h4-6,9,15H,3,7-8H2,1-2H3,(H,16,17)/t9-/m0/s1. The van der Waals surface area contributed by atoms with E-state index in [1.54, 1.807) is 18.2 Å². The lowest BCUT2D eigenvalue weighted by Gasteiger charge is -2.14. The average molecular weight is 272 g/mol. The highest BCUT2D eigenvalue weighted by Crippen LogP contribution is 2.23. The van der Waals surface area contributed by atoms with Crippen LogP contribution in [0.5, 0.6) is 5.75 Å². The van der Waals surface area contributed by atoms with Crippen molar-refractivity contribution < 1.29 is 14.6 Å². The number of ether oxygens (including phenoxy) is 1. The second-order valence-electron chi connectivity index (χ2n) is 4.12. The van der Waals surface area contributed by atoms with Gasteiger partial charge >= 0.3 is 5.97 Å². The number of carboxylic acids is 1. The Morgan fingerprint density at radius 3 is 2.89 bits per heavy atom. The second kappa shape index (κ2) is 7.24. The fourth-order valence-corrected chi connectivity index (χ4v) is 1.59. The summed E-state index contributed by atoms with van der Waals surface area (Å²) in [6.45, 7) is 4.43. The van der Waals surface area contributed by atoms with Crippen LogP contribution in [-0.4, -0.2) is 23.7 Å². The van der Waals surface area contributed by atoms with Gasteiger partial charge in [-0.3, -0.25) is 0 Å². The van der Waals surface area contributed by atoms with Crippen LogP contribution < -0.4 is 10.1 Å². The van der Waals surface area contributed by atoms with Gasteiger partial charge in [-0.15, -0.1) is 0 Å². The molecule has 100 valence electrons. The van der Waals surface area contributed by atoms with Gasteiger partial charge in [0.1, 0.15) is 5.75 Å². The molecule has 0 aromatic heterocycles. The topological polar surface area (TPSA) is 58.6 Å². The van der Waals surface area contributed by atoms with Crippen molar-refractivity contribution in [2.24, 2.45) is 0 Å². The van der Waals surface area contributed by atoms with Gasteiger partial charge in [0.05, 0.1) is 0 Å². The number of carboxylic acid groups (broad SMARTS) is 1. The van der Waals surface area contributed by atoms with E-state index in [2.05, 4.69) is 19.2 Å². The molecule has 1 aromatic rings. The fourth-order valence-electron chi connectivity index (χ4n) is 1.39. The molecule has 0 amide bonds. The van der Waals surface area contributed by atoms with E-state index in [4.69, 9.17) is 21.4 Å². The molecule has 4 nitrogen and oxygen atoms in total. The van der Waals surface area contributed by atoms with E-state index in [9.17, 15) is 4.79 Å². The predicted octanol–water partition coefficient (Wildman–Crippen LogP) is 2.69. The van der Waals surface area contributed by atoms with Crippen molar-refractivity contribution >= 4 is 17.6 Å². The van der Waals surface area contributed by atoms with Crippen LogP contribution in [0.4, 0.5) is 0 Å². The van der Waals surface area contributed by atoms with E-state index >= 15 is 0 Å². The summed E-state index contributed by atoms with van der Waals surface area (Å²) in [6.07, 6.45) is 1.02. The van der Waals surface area contributed by atoms with Crippen LogP contribution in [0.25, 0.3) is 0 Å². The number of hydrogen-bond acceptors (Lipinski definition) is 3. The summed E-state index contributed by atoms with van der Waals surface area (Å²) in [7, 11) is 0. The number of carbonyl (C=O) groups is 1. The monoisotopic (exact) mass is 271 g/mol. The molecule has 1 atom stereocenters. The molecule has 1 rings (SSSR count). The maximum Gasteiger partial charge on any atom is 0.341 e. The number of rotatable bonds is 7. The molecule has 0 spiro atoms. The maximum absolute atomic E-state index is 10.5. The third-order valence-corrected chi connectivity index (χ3v) is 2.86. The molecule has 18 heavy (non-hydrogen) atoms. The quantitative estimate of drug-likeness (QED) is 0.801. The predicted molar refractivity (Wildman–Crippen MR) is 71.2 cm³/mol. The lowest BCUT2D eigenvalue weighted by molar-refractivity contribution is -0.139. The van der Waals surface area contributed by atoms with Crippen LogP contribution in [0.15, 0.2) is 18.2 Å². The minimum Gasteiger partial charge on any atom is -0.482 e. The smallest absolute Gasteiger partial charge is 0.341 e. The molecule has 0 aliphatic rings. The highest BCUT2D eigenvalue weighted by molar-refractivity contribution is 6.30. The van der Waals surface area contributed by atoms with Gasteiger partial charge in [-0.2, -0.15) is 0 Å². The van der Waals surface area contributed by atoms with Gasteiger partial charge in [0.2, 0.25) is 0 Å². The first-order chi connectivity index (χ1) is 8.52. The first kappa shape index (κ1) is 14.8. The molecule has 0 unspecified atom stereocenters. The lowest BCUT2D eigenvalue weighted by Crippen LogP contribution is -2.25. The van der Waals surface area contributed by atoms with E-state index in [1.807, 2.05) is 0 Å². The normalized spacial score (nSPS) is 12.2. The first-order valence-electron chi connectivity index (χ1n) is 5.89. The summed E-state index contributed by atoms with van der Waals surface area (Å²) >= 11 is 5.93. The Bertz CT molecular complexity index is 409. The molecular formula is C13H18ClNO3. The molecule has 0 heterocycles. The van der Waals surface area contributed by atoms with Gasteiger partial charge in [-0.1, -0.05) is 18.5 Å². The summed E-state index contributed by atoms with van der Waals surface area (Å²) in [5.41, 5.74) is 0.865. The van der Waals surface area contributed by atoms with Crippen LogP contribution in [0.1, 0.15) is 25.8 Å². The zero-order valence-corrected chi connectivity index (χ0v) is 11.3. The van der Waals surface area contributed by atoms with Crippen LogP contribution in [-0.2, 0) is 11.3 Å². The molecule has 0 saturated heterocycles.